The number of hydrogen-bond donors (Lipinski definition) is 3. The Bertz CT molecular complexity index is 461. The van der Waals surface area contributed by atoms with E-state index in [2.05, 4.69) is 5.32 Å². The lowest BCUT2D eigenvalue weighted by Crippen LogP contribution is -2.48. The number of ether oxygens (including phenoxy) is 1. The molecule has 0 radical (unpaired) electrons. The fourth-order valence-corrected chi connectivity index (χ4v) is 2.30. The molecule has 3 atom stereocenters. The number of hydrogen-bond acceptors (Lipinski definition) is 4. The van der Waals surface area contributed by atoms with Crippen molar-refractivity contribution in [1.82, 2.24) is 0 Å². The van der Waals surface area contributed by atoms with E-state index in [4.69, 9.17) is 4.74 Å². The number of para-hydroxylation sites is 1. The van der Waals surface area contributed by atoms with Crippen LogP contribution in [0.4, 0.5) is 5.69 Å². The van der Waals surface area contributed by atoms with Gasteiger partial charge in [0, 0.05) is 17.7 Å². The van der Waals surface area contributed by atoms with Gasteiger partial charge in [-0.05, 0) is 6.07 Å². The van der Waals surface area contributed by atoms with Gasteiger partial charge >= 0.3 is 0 Å². The molecule has 1 unspecified atom stereocenters. The minimum Gasteiger partial charge on any atom is -0.377 e. The Hall–Kier alpha value is -1.43. The van der Waals surface area contributed by atoms with Gasteiger partial charge < -0.3 is 20.3 Å². The zero-order valence-corrected chi connectivity index (χ0v) is 8.38. The Labute approximate surface area is 91.7 Å². The Morgan fingerprint density at radius 2 is 2.19 bits per heavy atom. The second-order valence-corrected chi connectivity index (χ2v) is 4.14. The molecule has 1 aromatic rings. The maximum atomic E-state index is 11.8. The summed E-state index contributed by atoms with van der Waals surface area (Å²) in [6, 6.07) is 7.09. The van der Waals surface area contributed by atoms with Gasteiger partial charge in [-0.1, -0.05) is 18.2 Å². The average molecular weight is 221 g/mol. The molecule has 2 heterocycles. The molecule has 0 saturated carbocycles. The van der Waals surface area contributed by atoms with E-state index >= 15 is 0 Å². The van der Waals surface area contributed by atoms with Crippen molar-refractivity contribution in [2.45, 2.75) is 24.4 Å². The Morgan fingerprint density at radius 3 is 3.00 bits per heavy atom. The summed E-state index contributed by atoms with van der Waals surface area (Å²) in [5, 5.41) is 22.2. The van der Waals surface area contributed by atoms with E-state index < -0.39 is 23.9 Å². The number of anilines is 1. The molecule has 1 aromatic carbocycles. The molecule has 0 bridgehead atoms. The molecule has 0 spiro atoms. The van der Waals surface area contributed by atoms with Crippen LogP contribution in [0, 0.1) is 0 Å². The first-order valence-corrected chi connectivity index (χ1v) is 5.07. The van der Waals surface area contributed by atoms with Gasteiger partial charge in [0.1, 0.15) is 6.10 Å². The summed E-state index contributed by atoms with van der Waals surface area (Å²) in [5.74, 6) is -0.521. The fourth-order valence-electron chi connectivity index (χ4n) is 2.30. The first-order valence-electron chi connectivity index (χ1n) is 5.07. The zero-order valence-electron chi connectivity index (χ0n) is 8.38. The Morgan fingerprint density at radius 1 is 1.44 bits per heavy atom. The van der Waals surface area contributed by atoms with E-state index in [1.54, 1.807) is 24.3 Å². The van der Waals surface area contributed by atoms with Crippen LogP contribution in [0.15, 0.2) is 24.3 Å². The molecule has 1 fully saturated rings. The molecule has 2 aliphatic rings. The molecule has 1 saturated heterocycles. The summed E-state index contributed by atoms with van der Waals surface area (Å²) in [5.41, 5.74) is -0.342. The van der Waals surface area contributed by atoms with Crippen molar-refractivity contribution in [2.24, 2.45) is 0 Å². The van der Waals surface area contributed by atoms with Gasteiger partial charge in [-0.3, -0.25) is 4.79 Å². The highest BCUT2D eigenvalue weighted by Gasteiger charge is 2.56. The third-order valence-electron chi connectivity index (χ3n) is 3.10. The molecule has 2 aliphatic heterocycles. The molecule has 5 heteroatoms. The summed E-state index contributed by atoms with van der Waals surface area (Å²) in [6.45, 7) is 0. The molecule has 0 aliphatic carbocycles. The van der Waals surface area contributed by atoms with Crippen molar-refractivity contribution >= 4 is 11.6 Å². The Kier molecular flexibility index (Phi) is 1.85. The number of carbonyl (C=O) groups is 1. The van der Waals surface area contributed by atoms with Crippen LogP contribution in [0.1, 0.15) is 18.1 Å². The van der Waals surface area contributed by atoms with Gasteiger partial charge in [-0.2, -0.15) is 0 Å². The second-order valence-electron chi connectivity index (χ2n) is 4.14. The van der Waals surface area contributed by atoms with Crippen LogP contribution in [-0.4, -0.2) is 28.0 Å². The third kappa shape index (κ3) is 1.13. The SMILES string of the molecule is O=C1Nc2ccccc2[C@H]2OC(O)C[C@@]12O. The van der Waals surface area contributed by atoms with Crippen LogP contribution >= 0.6 is 0 Å². The minimum atomic E-state index is -1.66. The smallest absolute Gasteiger partial charge is 0.259 e. The van der Waals surface area contributed by atoms with E-state index in [1.807, 2.05) is 0 Å². The highest BCUT2D eigenvalue weighted by Crippen LogP contribution is 2.46. The summed E-state index contributed by atoms with van der Waals surface area (Å²) in [4.78, 5) is 11.8. The number of carbonyl (C=O) groups excluding carboxylic acids is 1. The largest absolute Gasteiger partial charge is 0.377 e. The average Bonchev–Trinajstić information content (AvgIpc) is 2.56. The molecular weight excluding hydrogens is 210 g/mol. The Balaban J connectivity index is 2.15. The van der Waals surface area contributed by atoms with Gasteiger partial charge in [-0.25, -0.2) is 0 Å². The van der Waals surface area contributed by atoms with Gasteiger partial charge in [0.25, 0.3) is 5.91 Å². The van der Waals surface area contributed by atoms with Gasteiger partial charge in [0.05, 0.1) is 0 Å². The van der Waals surface area contributed by atoms with Crippen LogP contribution in [0.5, 0.6) is 0 Å². The number of aliphatic hydroxyl groups excluding tert-OH is 1. The van der Waals surface area contributed by atoms with Gasteiger partial charge in [0.15, 0.2) is 11.9 Å². The molecule has 0 aromatic heterocycles. The quantitative estimate of drug-likeness (QED) is 0.582. The van der Waals surface area contributed by atoms with Crippen molar-refractivity contribution in [1.29, 1.82) is 0 Å². The fraction of sp³-hybridized carbons (Fsp3) is 0.364. The maximum Gasteiger partial charge on any atom is 0.259 e. The van der Waals surface area contributed by atoms with Crippen molar-refractivity contribution in [3.05, 3.63) is 29.8 Å². The lowest BCUT2D eigenvalue weighted by atomic mass is 9.85. The van der Waals surface area contributed by atoms with Crippen molar-refractivity contribution < 1.29 is 19.7 Å². The van der Waals surface area contributed by atoms with Crippen LogP contribution in [0.2, 0.25) is 0 Å². The molecule has 5 nitrogen and oxygen atoms in total. The second kappa shape index (κ2) is 3.04. The van der Waals surface area contributed by atoms with Crippen molar-refractivity contribution in [3.63, 3.8) is 0 Å². The van der Waals surface area contributed by atoms with Crippen LogP contribution < -0.4 is 5.32 Å². The first kappa shape index (κ1) is 9.77. The van der Waals surface area contributed by atoms with Gasteiger partial charge in [0.2, 0.25) is 0 Å². The molecule has 3 rings (SSSR count). The van der Waals surface area contributed by atoms with Gasteiger partial charge in [-0.15, -0.1) is 0 Å². The highest BCUT2D eigenvalue weighted by molar-refractivity contribution is 6.01. The van der Waals surface area contributed by atoms with E-state index in [0.29, 0.717) is 11.3 Å². The number of nitrogens with one attached hydrogen (secondary N) is 1. The van der Waals surface area contributed by atoms with Crippen LogP contribution in [-0.2, 0) is 9.53 Å². The third-order valence-corrected chi connectivity index (χ3v) is 3.10. The summed E-state index contributed by atoms with van der Waals surface area (Å²) in [7, 11) is 0. The van der Waals surface area contributed by atoms with Crippen molar-refractivity contribution in [2.75, 3.05) is 5.32 Å². The number of fused-ring (bicyclic) bond motifs is 3. The highest BCUT2D eigenvalue weighted by atomic mass is 16.6. The van der Waals surface area contributed by atoms with Crippen molar-refractivity contribution in [3.8, 4) is 0 Å². The standard InChI is InChI=1S/C11H11NO4/c13-8-5-11(15)9(16-8)6-3-1-2-4-7(6)12-10(11)14/h1-4,8-9,13,15H,5H2,(H,12,14)/t8?,9-,11+/m1/s1. The predicted octanol–water partition coefficient (Wildman–Crippen LogP) is 0.150. The molecular formula is C11H11NO4. The lowest BCUT2D eigenvalue weighted by Gasteiger charge is -2.33. The normalized spacial score (nSPS) is 36.5. The molecule has 3 N–H and O–H groups in total. The molecule has 1 amide bonds. The lowest BCUT2D eigenvalue weighted by molar-refractivity contribution is -0.144. The van der Waals surface area contributed by atoms with E-state index in [-0.39, 0.29) is 6.42 Å². The van der Waals surface area contributed by atoms with E-state index in [9.17, 15) is 15.0 Å². The zero-order chi connectivity index (χ0) is 11.3. The molecule has 16 heavy (non-hydrogen) atoms. The number of aliphatic hydroxyl groups is 2. The van der Waals surface area contributed by atoms with E-state index in [0.717, 1.165) is 0 Å². The summed E-state index contributed by atoms with van der Waals surface area (Å²) >= 11 is 0. The summed E-state index contributed by atoms with van der Waals surface area (Å²) < 4.78 is 5.21. The topological polar surface area (TPSA) is 78.8 Å². The van der Waals surface area contributed by atoms with E-state index in [1.165, 1.54) is 0 Å². The maximum absolute atomic E-state index is 11.8. The monoisotopic (exact) mass is 221 g/mol. The van der Waals surface area contributed by atoms with Crippen LogP contribution in [0.25, 0.3) is 0 Å². The predicted molar refractivity (Wildman–Crippen MR) is 54.5 cm³/mol. The minimum absolute atomic E-state index is 0.0994. The molecule has 84 valence electrons. The number of benzene rings is 1. The number of amides is 1. The summed E-state index contributed by atoms with van der Waals surface area (Å²) in [6.07, 6.45) is -1.99. The van der Waals surface area contributed by atoms with Crippen LogP contribution in [0.3, 0.4) is 0 Å². The number of rotatable bonds is 0. The first-order chi connectivity index (χ1) is 7.61.